The molecule has 1 fully saturated rings. The van der Waals surface area contributed by atoms with E-state index in [4.69, 9.17) is 0 Å². The van der Waals surface area contributed by atoms with Crippen molar-refractivity contribution in [3.63, 3.8) is 0 Å². The van der Waals surface area contributed by atoms with Crippen LogP contribution < -0.4 is 10.2 Å². The smallest absolute Gasteiger partial charge is 0.0364 e. The molecule has 0 saturated carbocycles. The van der Waals surface area contributed by atoms with Gasteiger partial charge in [-0.05, 0) is 49.4 Å². The Labute approximate surface area is 118 Å². The molecule has 2 heteroatoms. The van der Waals surface area contributed by atoms with Crippen molar-refractivity contribution < 1.29 is 0 Å². The zero-order valence-corrected chi connectivity index (χ0v) is 12.7. The Morgan fingerprint density at radius 3 is 2.53 bits per heavy atom. The lowest BCUT2D eigenvalue weighted by Crippen LogP contribution is -2.42. The largest absolute Gasteiger partial charge is 0.373 e. The number of hydrogen-bond donors (Lipinski definition) is 1. The Hall–Kier alpha value is -1.02. The molecular weight excluding hydrogens is 232 g/mol. The molecular formula is C17H28N2. The average molecular weight is 260 g/mol. The van der Waals surface area contributed by atoms with Crippen LogP contribution in [-0.4, -0.2) is 26.2 Å². The molecule has 2 rings (SSSR count). The Balaban J connectivity index is 1.89. The SMILES string of the molecule is CC(C)Cc1ccc(N(C)CC2CCCCN2)cc1. The molecule has 106 valence electrons. The molecule has 0 spiro atoms. The maximum atomic E-state index is 3.62. The van der Waals surface area contributed by atoms with E-state index in [0.717, 1.165) is 12.5 Å². The van der Waals surface area contributed by atoms with Gasteiger partial charge in [0.2, 0.25) is 0 Å². The normalized spacial score (nSPS) is 19.7. The molecule has 1 aliphatic heterocycles. The van der Waals surface area contributed by atoms with Gasteiger partial charge in [-0.25, -0.2) is 0 Å². The number of benzene rings is 1. The van der Waals surface area contributed by atoms with Gasteiger partial charge >= 0.3 is 0 Å². The van der Waals surface area contributed by atoms with Gasteiger partial charge in [-0.15, -0.1) is 0 Å². The van der Waals surface area contributed by atoms with Crippen LogP contribution in [0.5, 0.6) is 0 Å². The fourth-order valence-corrected chi connectivity index (χ4v) is 2.87. The van der Waals surface area contributed by atoms with Crippen molar-refractivity contribution in [1.82, 2.24) is 5.32 Å². The van der Waals surface area contributed by atoms with Gasteiger partial charge in [-0.3, -0.25) is 0 Å². The second-order valence-electron chi connectivity index (χ2n) is 6.29. The second kappa shape index (κ2) is 6.95. The lowest BCUT2D eigenvalue weighted by Gasteiger charge is -2.29. The quantitative estimate of drug-likeness (QED) is 0.872. The number of rotatable bonds is 5. The Morgan fingerprint density at radius 2 is 1.95 bits per heavy atom. The predicted molar refractivity (Wildman–Crippen MR) is 83.9 cm³/mol. The van der Waals surface area contributed by atoms with E-state index in [2.05, 4.69) is 55.4 Å². The van der Waals surface area contributed by atoms with Crippen molar-refractivity contribution >= 4 is 5.69 Å². The van der Waals surface area contributed by atoms with E-state index in [9.17, 15) is 0 Å². The van der Waals surface area contributed by atoms with E-state index in [0.29, 0.717) is 6.04 Å². The number of likely N-dealkylation sites (N-methyl/N-ethyl adjacent to an activating group) is 1. The number of hydrogen-bond acceptors (Lipinski definition) is 2. The van der Waals surface area contributed by atoms with E-state index in [1.54, 1.807) is 0 Å². The fourth-order valence-electron chi connectivity index (χ4n) is 2.87. The van der Waals surface area contributed by atoms with E-state index in [1.807, 2.05) is 0 Å². The number of anilines is 1. The Kier molecular flexibility index (Phi) is 5.26. The van der Waals surface area contributed by atoms with Crippen molar-refractivity contribution in [2.45, 2.75) is 45.6 Å². The zero-order valence-electron chi connectivity index (χ0n) is 12.7. The fraction of sp³-hybridized carbons (Fsp3) is 0.647. The summed E-state index contributed by atoms with van der Waals surface area (Å²) in [4.78, 5) is 2.38. The number of piperidine rings is 1. The van der Waals surface area contributed by atoms with Crippen molar-refractivity contribution in [1.29, 1.82) is 0 Å². The molecule has 0 radical (unpaired) electrons. The van der Waals surface area contributed by atoms with Gasteiger partial charge in [0.15, 0.2) is 0 Å². The molecule has 0 aromatic heterocycles. The Morgan fingerprint density at radius 1 is 1.21 bits per heavy atom. The molecule has 0 aliphatic carbocycles. The molecule has 2 nitrogen and oxygen atoms in total. The highest BCUT2D eigenvalue weighted by atomic mass is 15.1. The molecule has 1 atom stereocenters. The molecule has 1 aromatic rings. The van der Waals surface area contributed by atoms with E-state index in [-0.39, 0.29) is 0 Å². The van der Waals surface area contributed by atoms with E-state index >= 15 is 0 Å². The molecule has 1 N–H and O–H groups in total. The first-order valence-corrected chi connectivity index (χ1v) is 7.68. The van der Waals surface area contributed by atoms with Crippen LogP contribution in [0.1, 0.15) is 38.7 Å². The van der Waals surface area contributed by atoms with Crippen LogP contribution in [0.4, 0.5) is 5.69 Å². The van der Waals surface area contributed by atoms with Gasteiger partial charge in [0.05, 0.1) is 0 Å². The molecule has 1 heterocycles. The summed E-state index contributed by atoms with van der Waals surface area (Å²) in [5.74, 6) is 0.731. The van der Waals surface area contributed by atoms with Crippen molar-refractivity contribution in [3.05, 3.63) is 29.8 Å². The molecule has 19 heavy (non-hydrogen) atoms. The molecule has 1 aliphatic rings. The monoisotopic (exact) mass is 260 g/mol. The number of nitrogens with one attached hydrogen (secondary N) is 1. The summed E-state index contributed by atoms with van der Waals surface area (Å²) in [6.07, 6.45) is 5.20. The zero-order chi connectivity index (χ0) is 13.7. The van der Waals surface area contributed by atoms with Crippen LogP contribution >= 0.6 is 0 Å². The minimum atomic E-state index is 0.661. The lowest BCUT2D eigenvalue weighted by atomic mass is 10.0. The van der Waals surface area contributed by atoms with Crippen LogP contribution in [0.15, 0.2) is 24.3 Å². The molecule has 0 amide bonds. The van der Waals surface area contributed by atoms with Crippen LogP contribution in [-0.2, 0) is 6.42 Å². The van der Waals surface area contributed by atoms with Crippen molar-refractivity contribution in [2.75, 3.05) is 25.0 Å². The Bertz CT molecular complexity index is 363. The van der Waals surface area contributed by atoms with E-state index in [1.165, 1.54) is 43.5 Å². The highest BCUT2D eigenvalue weighted by Gasteiger charge is 2.14. The predicted octanol–water partition coefficient (Wildman–Crippen LogP) is 3.46. The summed E-state index contributed by atoms with van der Waals surface area (Å²) in [5.41, 5.74) is 2.78. The van der Waals surface area contributed by atoms with E-state index < -0.39 is 0 Å². The first kappa shape index (κ1) is 14.4. The third kappa shape index (κ3) is 4.54. The summed E-state index contributed by atoms with van der Waals surface area (Å²) >= 11 is 0. The van der Waals surface area contributed by atoms with Crippen LogP contribution in [0, 0.1) is 5.92 Å². The third-order valence-electron chi connectivity index (χ3n) is 3.93. The molecule has 1 unspecified atom stereocenters. The lowest BCUT2D eigenvalue weighted by molar-refractivity contribution is 0.403. The molecule has 1 saturated heterocycles. The minimum absolute atomic E-state index is 0.661. The van der Waals surface area contributed by atoms with Gasteiger partial charge in [-0.1, -0.05) is 32.4 Å². The third-order valence-corrected chi connectivity index (χ3v) is 3.93. The van der Waals surface area contributed by atoms with Crippen molar-refractivity contribution in [3.8, 4) is 0 Å². The maximum absolute atomic E-state index is 3.62. The second-order valence-corrected chi connectivity index (χ2v) is 6.29. The highest BCUT2D eigenvalue weighted by molar-refractivity contribution is 5.47. The highest BCUT2D eigenvalue weighted by Crippen LogP contribution is 2.17. The van der Waals surface area contributed by atoms with Crippen molar-refractivity contribution in [2.24, 2.45) is 5.92 Å². The maximum Gasteiger partial charge on any atom is 0.0364 e. The van der Waals surface area contributed by atoms with Crippen LogP contribution in [0.2, 0.25) is 0 Å². The summed E-state index contributed by atoms with van der Waals surface area (Å²) in [6, 6.07) is 9.75. The van der Waals surface area contributed by atoms with Gasteiger partial charge in [0.1, 0.15) is 0 Å². The topological polar surface area (TPSA) is 15.3 Å². The van der Waals surface area contributed by atoms with Gasteiger partial charge in [0, 0.05) is 25.3 Å². The molecule has 0 bridgehead atoms. The number of nitrogens with zero attached hydrogens (tertiary/aromatic N) is 1. The van der Waals surface area contributed by atoms with Crippen LogP contribution in [0.25, 0.3) is 0 Å². The summed E-state index contributed by atoms with van der Waals surface area (Å²) in [5, 5.41) is 3.62. The first-order chi connectivity index (χ1) is 9.15. The van der Waals surface area contributed by atoms with Gasteiger partial charge < -0.3 is 10.2 Å². The van der Waals surface area contributed by atoms with Gasteiger partial charge in [0.25, 0.3) is 0 Å². The van der Waals surface area contributed by atoms with Crippen LogP contribution in [0.3, 0.4) is 0 Å². The summed E-state index contributed by atoms with van der Waals surface area (Å²) in [6.45, 7) is 6.85. The summed E-state index contributed by atoms with van der Waals surface area (Å²) < 4.78 is 0. The minimum Gasteiger partial charge on any atom is -0.373 e. The average Bonchev–Trinajstić information content (AvgIpc) is 2.40. The first-order valence-electron chi connectivity index (χ1n) is 7.68. The van der Waals surface area contributed by atoms with Gasteiger partial charge in [-0.2, -0.15) is 0 Å². The molecule has 1 aromatic carbocycles. The summed E-state index contributed by atoms with van der Waals surface area (Å²) in [7, 11) is 2.20. The standard InChI is InChI=1S/C17H28N2/c1-14(2)12-15-7-9-17(10-8-15)19(3)13-16-6-4-5-11-18-16/h7-10,14,16,18H,4-6,11-13H2,1-3H3.